The zero-order chi connectivity index (χ0) is 34.5. The maximum atomic E-state index is 13.1. The van der Waals surface area contributed by atoms with Gasteiger partial charge in [0.25, 0.3) is 0 Å². The summed E-state index contributed by atoms with van der Waals surface area (Å²) in [6, 6.07) is 4.75. The molecular weight excluding hydrogens is 578 g/mol. The van der Waals surface area contributed by atoms with Crippen LogP contribution in [0.5, 0.6) is 11.5 Å². The van der Waals surface area contributed by atoms with Gasteiger partial charge in [-0.15, -0.1) is 0 Å². The number of aliphatic hydroxyl groups excluding tert-OH is 1. The van der Waals surface area contributed by atoms with Crippen molar-refractivity contribution in [2.75, 3.05) is 34.0 Å². The second-order valence-corrected chi connectivity index (χ2v) is 13.5. The van der Waals surface area contributed by atoms with Crippen LogP contribution in [0.25, 0.3) is 0 Å². The van der Waals surface area contributed by atoms with E-state index >= 15 is 0 Å². The average molecular weight is 638 g/mol. The number of rotatable bonds is 21. The molecule has 0 aliphatic rings. The summed E-state index contributed by atoms with van der Waals surface area (Å²) >= 11 is 0. The van der Waals surface area contributed by atoms with E-state index in [4.69, 9.17) is 30.4 Å². The zero-order valence-corrected chi connectivity index (χ0v) is 29.1. The van der Waals surface area contributed by atoms with Crippen molar-refractivity contribution >= 4 is 17.8 Å². The Morgan fingerprint density at radius 3 is 2.11 bits per heavy atom. The summed E-state index contributed by atoms with van der Waals surface area (Å²) in [5.74, 6) is -1.31. The fraction of sp³-hybridized carbons (Fsp3) is 0.735. The van der Waals surface area contributed by atoms with Gasteiger partial charge in [0.05, 0.1) is 31.2 Å². The number of nitrogens with two attached hydrogens (primary N) is 2. The highest BCUT2D eigenvalue weighted by molar-refractivity contribution is 5.83. The van der Waals surface area contributed by atoms with Crippen molar-refractivity contribution in [3.8, 4) is 11.5 Å². The minimum atomic E-state index is -1.01. The Labute approximate surface area is 270 Å². The first-order valence-corrected chi connectivity index (χ1v) is 16.0. The summed E-state index contributed by atoms with van der Waals surface area (Å²) in [5, 5.41) is 14.1. The molecule has 0 fully saturated rings. The second kappa shape index (κ2) is 18.9. The molecule has 45 heavy (non-hydrogen) atoms. The number of primary amides is 1. The molecule has 258 valence electrons. The number of aliphatic hydroxyl groups is 1. The van der Waals surface area contributed by atoms with Crippen LogP contribution in [0.1, 0.15) is 86.3 Å². The number of carbonyl (C=O) groups is 3. The number of nitrogens with one attached hydrogen (secondary N) is 1. The maximum absolute atomic E-state index is 13.1. The molecule has 0 aliphatic carbocycles. The van der Waals surface area contributed by atoms with Crippen molar-refractivity contribution in [2.24, 2.45) is 46.5 Å². The van der Waals surface area contributed by atoms with Crippen molar-refractivity contribution in [1.29, 1.82) is 0 Å². The van der Waals surface area contributed by atoms with Gasteiger partial charge in [-0.2, -0.15) is 0 Å². The highest BCUT2D eigenvalue weighted by Crippen LogP contribution is 2.40. The number of hydrogen-bond acceptors (Lipinski definition) is 9. The first-order valence-electron chi connectivity index (χ1n) is 16.0. The molecule has 0 saturated heterocycles. The van der Waals surface area contributed by atoms with Gasteiger partial charge in [-0.05, 0) is 56.2 Å². The molecule has 0 radical (unpaired) electrons. The molecule has 11 nitrogen and oxygen atoms in total. The topological polar surface area (TPSA) is 172 Å². The summed E-state index contributed by atoms with van der Waals surface area (Å²) < 4.78 is 22.8. The van der Waals surface area contributed by atoms with Gasteiger partial charge in [-0.25, -0.2) is 0 Å². The molecule has 0 aliphatic heterocycles. The number of carbonyl (C=O) groups excluding carboxylic acids is 3. The number of ether oxygens (including phenoxy) is 4. The van der Waals surface area contributed by atoms with Gasteiger partial charge in [0, 0.05) is 44.6 Å². The third kappa shape index (κ3) is 12.8. The smallest absolute Gasteiger partial charge is 0.308 e. The van der Waals surface area contributed by atoms with Crippen LogP contribution in [0.2, 0.25) is 0 Å². The van der Waals surface area contributed by atoms with Crippen LogP contribution in [-0.2, 0) is 23.9 Å². The van der Waals surface area contributed by atoms with Crippen molar-refractivity contribution < 1.29 is 38.4 Å². The molecule has 6 N–H and O–H groups in total. The lowest BCUT2D eigenvalue weighted by atomic mass is 9.79. The first-order chi connectivity index (χ1) is 21.0. The van der Waals surface area contributed by atoms with Crippen molar-refractivity contribution in [2.45, 2.75) is 92.9 Å². The number of hydrogen-bond donors (Lipinski definition) is 4. The number of methoxy groups -OCH3 is 2. The molecule has 1 aromatic carbocycles. The summed E-state index contributed by atoms with van der Waals surface area (Å²) in [6.45, 7) is 15.8. The van der Waals surface area contributed by atoms with Crippen LogP contribution >= 0.6 is 0 Å². The van der Waals surface area contributed by atoms with E-state index in [-0.39, 0.29) is 48.5 Å². The Kier molecular flexibility index (Phi) is 16.9. The predicted octanol–water partition coefficient (Wildman–Crippen LogP) is 3.99. The minimum Gasteiger partial charge on any atom is -0.493 e. The van der Waals surface area contributed by atoms with E-state index < -0.39 is 35.5 Å². The van der Waals surface area contributed by atoms with E-state index in [0.717, 1.165) is 5.56 Å². The van der Waals surface area contributed by atoms with E-state index in [1.54, 1.807) is 48.0 Å². The molecular formula is C34H59N3O8. The quantitative estimate of drug-likeness (QED) is 0.115. The van der Waals surface area contributed by atoms with E-state index in [1.165, 1.54) is 0 Å². The van der Waals surface area contributed by atoms with Crippen LogP contribution in [-0.4, -0.2) is 69.0 Å². The van der Waals surface area contributed by atoms with Crippen molar-refractivity contribution in [3.05, 3.63) is 23.8 Å². The van der Waals surface area contributed by atoms with Gasteiger partial charge in [0.2, 0.25) is 11.8 Å². The van der Waals surface area contributed by atoms with E-state index in [0.29, 0.717) is 37.6 Å². The van der Waals surface area contributed by atoms with Crippen LogP contribution in [0, 0.1) is 35.0 Å². The monoisotopic (exact) mass is 637 g/mol. The van der Waals surface area contributed by atoms with Crippen LogP contribution in [0.15, 0.2) is 18.2 Å². The largest absolute Gasteiger partial charge is 0.493 e. The van der Waals surface area contributed by atoms with E-state index in [1.807, 2.05) is 39.8 Å². The first kappa shape index (κ1) is 40.1. The van der Waals surface area contributed by atoms with Gasteiger partial charge >= 0.3 is 5.97 Å². The SMILES string of the molecule is COCCCOc1cc(C(OC(=O)C(C)C)[C@@H](C[C@H](N)[C@@H](O)C[C@H](C(=O)NCC(C)(C)C(N)=O)C(C)C)C(C)C)ccc1OC. The lowest BCUT2D eigenvalue weighted by Gasteiger charge is -2.35. The third-order valence-corrected chi connectivity index (χ3v) is 8.27. The van der Waals surface area contributed by atoms with Gasteiger partial charge < -0.3 is 40.8 Å². The lowest BCUT2D eigenvalue weighted by Crippen LogP contribution is -2.47. The Bertz CT molecular complexity index is 1080. The van der Waals surface area contributed by atoms with Gasteiger partial charge in [-0.1, -0.05) is 47.6 Å². The average Bonchev–Trinajstić information content (AvgIpc) is 2.97. The summed E-state index contributed by atoms with van der Waals surface area (Å²) in [6.07, 6.45) is -0.539. The number of amides is 2. The molecule has 0 heterocycles. The van der Waals surface area contributed by atoms with Crippen LogP contribution < -0.4 is 26.3 Å². The van der Waals surface area contributed by atoms with Crippen molar-refractivity contribution in [3.63, 3.8) is 0 Å². The highest BCUT2D eigenvalue weighted by atomic mass is 16.5. The lowest BCUT2D eigenvalue weighted by molar-refractivity contribution is -0.158. The molecule has 11 heteroatoms. The Hall–Kier alpha value is -2.89. The second-order valence-electron chi connectivity index (χ2n) is 13.5. The van der Waals surface area contributed by atoms with Gasteiger partial charge in [0.15, 0.2) is 11.5 Å². The predicted molar refractivity (Wildman–Crippen MR) is 175 cm³/mol. The summed E-state index contributed by atoms with van der Waals surface area (Å²) in [4.78, 5) is 37.8. The molecule has 1 unspecified atom stereocenters. The Morgan fingerprint density at radius 1 is 0.956 bits per heavy atom. The fourth-order valence-electron chi connectivity index (χ4n) is 4.89. The van der Waals surface area contributed by atoms with Crippen molar-refractivity contribution in [1.82, 2.24) is 5.32 Å². The molecule has 0 spiro atoms. The normalized spacial score (nSPS) is 15.4. The molecule has 5 atom stereocenters. The zero-order valence-electron chi connectivity index (χ0n) is 29.1. The van der Waals surface area contributed by atoms with Crippen LogP contribution in [0.3, 0.4) is 0 Å². The Morgan fingerprint density at radius 2 is 1.60 bits per heavy atom. The van der Waals surface area contributed by atoms with E-state index in [9.17, 15) is 19.5 Å². The number of benzene rings is 1. The van der Waals surface area contributed by atoms with Gasteiger partial charge in [0.1, 0.15) is 6.10 Å². The highest BCUT2D eigenvalue weighted by Gasteiger charge is 2.36. The summed E-state index contributed by atoms with van der Waals surface area (Å²) in [7, 11) is 3.20. The van der Waals surface area contributed by atoms with Crippen LogP contribution in [0.4, 0.5) is 0 Å². The molecule has 0 aromatic heterocycles. The number of esters is 1. The maximum Gasteiger partial charge on any atom is 0.308 e. The minimum absolute atomic E-state index is 0.0154. The molecule has 0 bridgehead atoms. The molecule has 2 amide bonds. The van der Waals surface area contributed by atoms with Gasteiger partial charge in [-0.3, -0.25) is 14.4 Å². The third-order valence-electron chi connectivity index (χ3n) is 8.27. The summed E-state index contributed by atoms with van der Waals surface area (Å²) in [5.41, 5.74) is 11.9. The molecule has 0 saturated carbocycles. The fourth-order valence-corrected chi connectivity index (χ4v) is 4.89. The standard InChI is InChI=1S/C34H59N3O8/c1-20(2)24(17-26(35)27(38)18-25(21(3)4)31(39)37-19-34(7,8)33(36)41)30(45-32(40)22(5)6)23-12-13-28(43-10)29(16-23)44-15-11-14-42-9/h12-13,16,20-22,24-27,30,38H,11,14-15,17-19,35H2,1-10H3,(H2,36,41)(H,37,39)/t24-,25-,26-,27-,30?/m0/s1. The molecule has 1 aromatic rings. The Balaban J connectivity index is 3.28. The molecule has 1 rings (SSSR count). The van der Waals surface area contributed by atoms with E-state index in [2.05, 4.69) is 5.32 Å².